The topological polar surface area (TPSA) is 56.5 Å². The molecule has 2 unspecified atom stereocenters. The standard InChI is InChI=1S/C24H31F2N3O2S/c1-4-8-16-11-12-17(13-16)18-9-6-7-10-20(18)27-24(32-15-21(30)31-5-2)19-14-29(3)28-22(19)23(25)26/h6-7,9-10,14,16-17,23H,4-5,8,11-13,15H2,1-3H3/b27-24+. The third-order valence-electron chi connectivity index (χ3n) is 5.76. The van der Waals surface area contributed by atoms with Gasteiger partial charge >= 0.3 is 5.97 Å². The zero-order valence-electron chi connectivity index (χ0n) is 18.9. The molecule has 1 aliphatic rings. The van der Waals surface area contributed by atoms with Crippen LogP contribution in [0.25, 0.3) is 0 Å². The van der Waals surface area contributed by atoms with Crippen molar-refractivity contribution in [3.8, 4) is 0 Å². The Hall–Kier alpha value is -2.22. The number of benzene rings is 1. The molecule has 1 saturated carbocycles. The lowest BCUT2D eigenvalue weighted by Crippen LogP contribution is -2.10. The predicted molar refractivity (Wildman–Crippen MR) is 125 cm³/mol. The van der Waals surface area contributed by atoms with Crippen LogP contribution in [0.1, 0.15) is 75.1 Å². The first kappa shape index (κ1) is 24.4. The number of thioether (sulfide) groups is 1. The summed E-state index contributed by atoms with van der Waals surface area (Å²) in [4.78, 5) is 16.8. The first-order valence-corrected chi connectivity index (χ1v) is 12.2. The highest BCUT2D eigenvalue weighted by molar-refractivity contribution is 8.15. The van der Waals surface area contributed by atoms with E-state index in [-0.39, 0.29) is 23.6 Å². The molecule has 174 valence electrons. The molecular formula is C24H31F2N3O2S. The molecule has 0 spiro atoms. The maximum absolute atomic E-state index is 13.7. The van der Waals surface area contributed by atoms with E-state index >= 15 is 0 Å². The van der Waals surface area contributed by atoms with Crippen molar-refractivity contribution in [2.24, 2.45) is 18.0 Å². The van der Waals surface area contributed by atoms with Gasteiger partial charge in [0.2, 0.25) is 0 Å². The fourth-order valence-electron chi connectivity index (χ4n) is 4.40. The smallest absolute Gasteiger partial charge is 0.316 e. The number of carbonyl (C=O) groups excluding carboxylic acids is 1. The summed E-state index contributed by atoms with van der Waals surface area (Å²) in [7, 11) is 1.60. The summed E-state index contributed by atoms with van der Waals surface area (Å²) in [5.41, 5.74) is 1.83. The number of alkyl halides is 2. The van der Waals surface area contributed by atoms with E-state index < -0.39 is 12.4 Å². The molecule has 8 heteroatoms. The second-order valence-corrected chi connectivity index (χ2v) is 9.10. The second-order valence-electron chi connectivity index (χ2n) is 8.14. The van der Waals surface area contributed by atoms with Crippen molar-refractivity contribution >= 4 is 28.5 Å². The molecule has 2 aromatic rings. The van der Waals surface area contributed by atoms with Crippen molar-refractivity contribution < 1.29 is 18.3 Å². The van der Waals surface area contributed by atoms with Crippen LogP contribution in [-0.4, -0.2) is 33.2 Å². The maximum Gasteiger partial charge on any atom is 0.316 e. The fourth-order valence-corrected chi connectivity index (χ4v) is 5.22. The van der Waals surface area contributed by atoms with Gasteiger partial charge in [-0.25, -0.2) is 13.8 Å². The van der Waals surface area contributed by atoms with E-state index in [0.717, 1.165) is 41.8 Å². The number of carbonyl (C=O) groups is 1. The summed E-state index contributed by atoms with van der Waals surface area (Å²) in [6.45, 7) is 4.22. The summed E-state index contributed by atoms with van der Waals surface area (Å²) in [5, 5.41) is 4.28. The van der Waals surface area contributed by atoms with Gasteiger partial charge in [-0.2, -0.15) is 5.10 Å². The van der Waals surface area contributed by atoms with Gasteiger partial charge in [-0.3, -0.25) is 9.48 Å². The molecule has 0 N–H and O–H groups in total. The number of hydrogen-bond donors (Lipinski definition) is 0. The van der Waals surface area contributed by atoms with Crippen molar-refractivity contribution in [3.05, 3.63) is 47.3 Å². The minimum Gasteiger partial charge on any atom is -0.465 e. The van der Waals surface area contributed by atoms with Gasteiger partial charge in [0.1, 0.15) is 10.7 Å². The Morgan fingerprint density at radius 3 is 2.81 bits per heavy atom. The van der Waals surface area contributed by atoms with Crippen LogP contribution in [0.3, 0.4) is 0 Å². The number of para-hydroxylation sites is 1. The molecule has 1 fully saturated rings. The molecule has 5 nitrogen and oxygen atoms in total. The number of halogens is 2. The van der Waals surface area contributed by atoms with E-state index in [1.165, 1.54) is 30.1 Å². The molecule has 1 aromatic carbocycles. The van der Waals surface area contributed by atoms with Gasteiger partial charge in [-0.1, -0.05) is 49.7 Å². The number of aromatic nitrogens is 2. The number of hydrogen-bond acceptors (Lipinski definition) is 5. The first-order chi connectivity index (χ1) is 15.4. The SMILES string of the molecule is CCCC1CCC(c2ccccc2/N=C(/SCC(=O)OCC)c2cn(C)nc2C(F)F)C1. The van der Waals surface area contributed by atoms with Crippen molar-refractivity contribution in [1.82, 2.24) is 9.78 Å². The van der Waals surface area contributed by atoms with Crippen LogP contribution >= 0.6 is 11.8 Å². The lowest BCUT2D eigenvalue weighted by molar-refractivity contribution is -0.139. The van der Waals surface area contributed by atoms with Crippen LogP contribution in [0.4, 0.5) is 14.5 Å². The number of nitrogens with zero attached hydrogens (tertiary/aromatic N) is 3. The number of aryl methyl sites for hydroxylation is 1. The molecular weight excluding hydrogens is 432 g/mol. The van der Waals surface area contributed by atoms with Crippen molar-refractivity contribution in [1.29, 1.82) is 0 Å². The van der Waals surface area contributed by atoms with Crippen LogP contribution in [0.15, 0.2) is 35.5 Å². The number of aliphatic imine (C=N–C) groups is 1. The van der Waals surface area contributed by atoms with Gasteiger partial charge in [0, 0.05) is 13.2 Å². The zero-order valence-corrected chi connectivity index (χ0v) is 19.7. The minimum absolute atomic E-state index is 0.00554. The molecule has 1 aromatic heterocycles. The highest BCUT2D eigenvalue weighted by Crippen LogP contribution is 2.43. The van der Waals surface area contributed by atoms with Gasteiger partial charge in [0.25, 0.3) is 6.43 Å². The van der Waals surface area contributed by atoms with Crippen LogP contribution < -0.4 is 0 Å². The van der Waals surface area contributed by atoms with Gasteiger partial charge in [-0.05, 0) is 49.7 Å². The summed E-state index contributed by atoms with van der Waals surface area (Å²) < 4.78 is 33.7. The Morgan fingerprint density at radius 2 is 2.09 bits per heavy atom. The minimum atomic E-state index is -2.74. The monoisotopic (exact) mass is 463 g/mol. The Labute approximate surface area is 192 Å². The summed E-state index contributed by atoms with van der Waals surface area (Å²) in [6, 6.07) is 7.92. The first-order valence-electron chi connectivity index (χ1n) is 11.2. The molecule has 32 heavy (non-hydrogen) atoms. The maximum atomic E-state index is 13.7. The molecule has 1 heterocycles. The normalized spacial score (nSPS) is 19.0. The zero-order chi connectivity index (χ0) is 23.1. The van der Waals surface area contributed by atoms with E-state index in [2.05, 4.69) is 18.1 Å². The van der Waals surface area contributed by atoms with E-state index in [9.17, 15) is 13.6 Å². The van der Waals surface area contributed by atoms with Crippen LogP contribution in [0, 0.1) is 5.92 Å². The van der Waals surface area contributed by atoms with Gasteiger partial charge in [0.15, 0.2) is 0 Å². The average Bonchev–Trinajstić information content (AvgIpc) is 3.38. The van der Waals surface area contributed by atoms with Crippen molar-refractivity contribution in [2.75, 3.05) is 12.4 Å². The number of rotatable bonds is 9. The molecule has 2 atom stereocenters. The summed E-state index contributed by atoms with van der Waals surface area (Å²) in [5.74, 6) is 0.725. The van der Waals surface area contributed by atoms with E-state index in [1.54, 1.807) is 14.0 Å². The number of esters is 1. The third-order valence-corrected chi connectivity index (χ3v) is 6.73. The van der Waals surface area contributed by atoms with E-state index in [0.29, 0.717) is 11.0 Å². The second kappa shape index (κ2) is 11.6. The van der Waals surface area contributed by atoms with Crippen molar-refractivity contribution in [3.63, 3.8) is 0 Å². The third kappa shape index (κ3) is 6.18. The molecule has 0 radical (unpaired) electrons. The van der Waals surface area contributed by atoms with Crippen LogP contribution in [0.2, 0.25) is 0 Å². The lowest BCUT2D eigenvalue weighted by atomic mass is 9.93. The Kier molecular flexibility index (Phi) is 8.84. The van der Waals surface area contributed by atoms with E-state index in [4.69, 9.17) is 9.73 Å². The number of ether oxygens (including phenoxy) is 1. The predicted octanol–water partition coefficient (Wildman–Crippen LogP) is 6.42. The highest BCUT2D eigenvalue weighted by Gasteiger charge is 2.28. The van der Waals surface area contributed by atoms with Crippen LogP contribution in [-0.2, 0) is 16.6 Å². The fraction of sp³-hybridized carbons (Fsp3) is 0.542. The quantitative estimate of drug-likeness (QED) is 0.245. The van der Waals surface area contributed by atoms with Crippen LogP contribution in [0.5, 0.6) is 0 Å². The van der Waals surface area contributed by atoms with Gasteiger partial charge in [0.05, 0.1) is 23.6 Å². The van der Waals surface area contributed by atoms with Gasteiger partial charge in [-0.15, -0.1) is 0 Å². The Bertz CT molecular complexity index is 945. The van der Waals surface area contributed by atoms with Crippen molar-refractivity contribution in [2.45, 2.75) is 58.3 Å². The summed E-state index contributed by atoms with van der Waals surface area (Å²) in [6.07, 6.45) is 4.66. The average molecular weight is 464 g/mol. The highest BCUT2D eigenvalue weighted by atomic mass is 32.2. The molecule has 1 aliphatic carbocycles. The molecule has 0 bridgehead atoms. The molecule has 3 rings (SSSR count). The Balaban J connectivity index is 1.97. The van der Waals surface area contributed by atoms with E-state index in [1.807, 2.05) is 18.2 Å². The van der Waals surface area contributed by atoms with Gasteiger partial charge < -0.3 is 4.74 Å². The molecule has 0 saturated heterocycles. The Morgan fingerprint density at radius 1 is 1.31 bits per heavy atom. The largest absolute Gasteiger partial charge is 0.465 e. The summed E-state index contributed by atoms with van der Waals surface area (Å²) >= 11 is 1.11. The molecule has 0 aliphatic heterocycles. The lowest BCUT2D eigenvalue weighted by Gasteiger charge is -2.15. The molecule has 0 amide bonds.